The highest BCUT2D eigenvalue weighted by Gasteiger charge is 2.40. The molecule has 4 heterocycles. The Morgan fingerprint density at radius 1 is 0.268 bits per heavy atom. The molecule has 0 saturated carbocycles. The molecule has 0 amide bonds. The third-order valence-electron chi connectivity index (χ3n) is 12.7. The van der Waals surface area contributed by atoms with E-state index in [1.165, 1.54) is 129 Å². The van der Waals surface area contributed by atoms with Crippen LogP contribution >= 0.6 is 0 Å². The first kappa shape index (κ1) is 50.0. The van der Waals surface area contributed by atoms with Crippen molar-refractivity contribution in [3.8, 4) is 0 Å². The van der Waals surface area contributed by atoms with E-state index in [0.29, 0.717) is 24.2 Å². The van der Waals surface area contributed by atoms with Gasteiger partial charge < -0.3 is 42.5 Å². The predicted molar refractivity (Wildman–Crippen MR) is 246 cm³/mol. The second kappa shape index (κ2) is 20.5. The van der Waals surface area contributed by atoms with Crippen molar-refractivity contribution in [2.75, 3.05) is 26.2 Å². The van der Waals surface area contributed by atoms with Crippen LogP contribution in [0.1, 0.15) is 214 Å². The van der Waals surface area contributed by atoms with Crippen LogP contribution in [0.5, 0.6) is 0 Å². The van der Waals surface area contributed by atoms with E-state index in [2.05, 4.69) is 153 Å². The maximum absolute atomic E-state index is 3.83. The van der Waals surface area contributed by atoms with E-state index in [-0.39, 0.29) is 44.3 Å². The summed E-state index contributed by atoms with van der Waals surface area (Å²) < 4.78 is 0. The molecule has 4 fully saturated rings. The summed E-state index contributed by atoms with van der Waals surface area (Å²) in [5.41, 5.74) is 1.91. The van der Waals surface area contributed by atoms with Crippen LogP contribution in [0, 0.1) is 0 Å². The van der Waals surface area contributed by atoms with Gasteiger partial charge in [0.05, 0.1) is 0 Å². The van der Waals surface area contributed by atoms with Crippen LogP contribution in [0.2, 0.25) is 0 Å². The van der Waals surface area contributed by atoms with Crippen molar-refractivity contribution >= 4 is 0 Å². The predicted octanol–water partition coefficient (Wildman–Crippen LogP) is 8.69. The van der Waals surface area contributed by atoms with Gasteiger partial charge in [0.15, 0.2) is 0 Å². The summed E-state index contributed by atoms with van der Waals surface area (Å²) in [6.07, 6.45) is 20.4. The summed E-state index contributed by atoms with van der Waals surface area (Å²) in [5.74, 6) is 0. The van der Waals surface area contributed by atoms with Gasteiger partial charge >= 0.3 is 0 Å². The molecule has 0 unspecified atom stereocenters. The van der Waals surface area contributed by atoms with Gasteiger partial charge in [0.2, 0.25) is 0 Å². The zero-order valence-corrected chi connectivity index (χ0v) is 40.5. The molecule has 8 nitrogen and oxygen atoms in total. The fourth-order valence-electron chi connectivity index (χ4n) is 12.3. The average Bonchev–Trinajstić information content (AvgIpc) is 2.94. The second-order valence-electron chi connectivity index (χ2n) is 24.6. The second-order valence-corrected chi connectivity index (χ2v) is 24.6. The number of nitrogens with one attached hydrogen (secondary N) is 8. The Balaban J connectivity index is 0.000000300. The van der Waals surface area contributed by atoms with E-state index >= 15 is 0 Å². The third-order valence-corrected chi connectivity index (χ3v) is 12.7. The molecule has 0 radical (unpaired) electrons. The number of piperidine rings is 4. The molecular weight excluding hydrogens is 689 g/mol. The molecule has 332 valence electrons. The normalized spacial score (nSPS) is 27.0. The lowest BCUT2D eigenvalue weighted by atomic mass is 9.79. The summed E-state index contributed by atoms with van der Waals surface area (Å²) in [7, 11) is 0. The van der Waals surface area contributed by atoms with Crippen LogP contribution < -0.4 is 42.5 Å². The Kier molecular flexibility index (Phi) is 18.3. The van der Waals surface area contributed by atoms with E-state index in [1.807, 2.05) is 0 Å². The van der Waals surface area contributed by atoms with Gasteiger partial charge in [0.1, 0.15) is 0 Å². The monoisotopic (exact) mass is 789 g/mol. The quantitative estimate of drug-likeness (QED) is 0.0655. The number of hydrogen-bond donors (Lipinski definition) is 8. The highest BCUT2D eigenvalue weighted by atomic mass is 15.1. The van der Waals surface area contributed by atoms with Gasteiger partial charge in [-0.25, -0.2) is 0 Å². The van der Waals surface area contributed by atoms with E-state index < -0.39 is 0 Å². The van der Waals surface area contributed by atoms with Gasteiger partial charge in [0, 0.05) is 68.5 Å². The van der Waals surface area contributed by atoms with Crippen molar-refractivity contribution in [3.63, 3.8) is 0 Å². The molecule has 8 N–H and O–H groups in total. The molecular formula is C48H100N8. The standard InChI is InChI=1S/2C24H50N4/c2*1-21(2)15-19(16-22(3,4)27-21)25-13-11-9-10-12-14-26-20-17-23(5,6)28-24(7,8)18-20/h2*19-20,25-28H,9-18H2,1-8H3. The largest absolute Gasteiger partial charge is 0.314 e. The number of unbranched alkanes of at least 4 members (excludes halogenated alkanes) is 6. The molecule has 0 spiro atoms. The summed E-state index contributed by atoms with van der Waals surface area (Å²) in [5, 5.41) is 30.4. The molecule has 8 heteroatoms. The zero-order chi connectivity index (χ0) is 42.1. The lowest BCUT2D eigenvalue weighted by Gasteiger charge is -2.47. The van der Waals surface area contributed by atoms with Crippen LogP contribution in [-0.2, 0) is 0 Å². The van der Waals surface area contributed by atoms with Crippen LogP contribution in [0.4, 0.5) is 0 Å². The molecule has 56 heavy (non-hydrogen) atoms. The SMILES string of the molecule is CC1(C)CC(NCCCCCCNC2CC(C)(C)NC(C)(C)C2)CC(C)(C)N1.CC1(C)CC(NCCCCCCNC2CC(C)(C)NC(C)(C)C2)CC(C)(C)N1. The van der Waals surface area contributed by atoms with E-state index in [4.69, 9.17) is 0 Å². The van der Waals surface area contributed by atoms with E-state index in [9.17, 15) is 0 Å². The average molecular weight is 789 g/mol. The molecule has 4 saturated heterocycles. The Hall–Kier alpha value is -0.320. The maximum atomic E-state index is 3.83. The smallest absolute Gasteiger partial charge is 0.0144 e. The van der Waals surface area contributed by atoms with Crippen LogP contribution in [0.15, 0.2) is 0 Å². The zero-order valence-electron chi connectivity index (χ0n) is 40.5. The van der Waals surface area contributed by atoms with Gasteiger partial charge in [-0.15, -0.1) is 0 Å². The van der Waals surface area contributed by atoms with Crippen molar-refractivity contribution < 1.29 is 0 Å². The topological polar surface area (TPSA) is 96.2 Å². The first-order valence-electron chi connectivity index (χ1n) is 23.7. The molecule has 4 rings (SSSR count). The molecule has 4 aliphatic heterocycles. The minimum Gasteiger partial charge on any atom is -0.314 e. The number of hydrogen-bond acceptors (Lipinski definition) is 8. The Morgan fingerprint density at radius 3 is 0.554 bits per heavy atom. The van der Waals surface area contributed by atoms with Crippen molar-refractivity contribution in [2.24, 2.45) is 0 Å². The van der Waals surface area contributed by atoms with Crippen molar-refractivity contribution in [2.45, 2.75) is 282 Å². The first-order valence-corrected chi connectivity index (χ1v) is 23.7. The van der Waals surface area contributed by atoms with E-state index in [0.717, 1.165) is 0 Å². The van der Waals surface area contributed by atoms with Gasteiger partial charge in [-0.3, -0.25) is 0 Å². The Labute approximate surface area is 349 Å². The molecule has 0 atom stereocenters. The molecule has 0 aromatic heterocycles. The Morgan fingerprint density at radius 2 is 0.411 bits per heavy atom. The molecule has 4 aliphatic rings. The molecule has 0 bridgehead atoms. The summed E-state index contributed by atoms with van der Waals surface area (Å²) in [6.45, 7) is 42.0. The minimum absolute atomic E-state index is 0.239. The third kappa shape index (κ3) is 20.3. The highest BCUT2D eigenvalue weighted by Crippen LogP contribution is 2.31. The van der Waals surface area contributed by atoms with Crippen LogP contribution in [0.25, 0.3) is 0 Å². The maximum Gasteiger partial charge on any atom is 0.0144 e. The van der Waals surface area contributed by atoms with E-state index in [1.54, 1.807) is 0 Å². The fourth-order valence-corrected chi connectivity index (χ4v) is 12.3. The molecule has 0 aromatic carbocycles. The van der Waals surface area contributed by atoms with Gasteiger partial charge in [-0.1, -0.05) is 25.7 Å². The van der Waals surface area contributed by atoms with Crippen LogP contribution in [-0.4, -0.2) is 94.7 Å². The first-order chi connectivity index (χ1) is 25.6. The minimum atomic E-state index is 0.239. The van der Waals surface area contributed by atoms with Crippen molar-refractivity contribution in [1.29, 1.82) is 0 Å². The van der Waals surface area contributed by atoms with Gasteiger partial charge in [-0.2, -0.15) is 0 Å². The van der Waals surface area contributed by atoms with Gasteiger partial charge in [0.25, 0.3) is 0 Å². The summed E-state index contributed by atoms with van der Waals surface area (Å²) >= 11 is 0. The fraction of sp³-hybridized carbons (Fsp3) is 1.00. The Bertz CT molecular complexity index is 898. The molecule has 0 aliphatic carbocycles. The van der Waals surface area contributed by atoms with Crippen LogP contribution in [0.3, 0.4) is 0 Å². The van der Waals surface area contributed by atoms with Gasteiger partial charge in [-0.05, 0) is 214 Å². The summed E-state index contributed by atoms with van der Waals surface area (Å²) in [4.78, 5) is 0. The van der Waals surface area contributed by atoms with Crippen molar-refractivity contribution in [1.82, 2.24) is 42.5 Å². The highest BCUT2D eigenvalue weighted by molar-refractivity contribution is 5.02. The summed E-state index contributed by atoms with van der Waals surface area (Å²) in [6, 6.07) is 2.61. The number of rotatable bonds is 18. The lowest BCUT2D eigenvalue weighted by Crippen LogP contribution is -2.61. The molecule has 0 aromatic rings. The lowest BCUT2D eigenvalue weighted by molar-refractivity contribution is 0.145. The van der Waals surface area contributed by atoms with Crippen molar-refractivity contribution in [3.05, 3.63) is 0 Å².